The maximum Gasteiger partial charge on any atom is 3.00 e. The zero-order valence-electron chi connectivity index (χ0n) is 10.2. The molecule has 0 aromatic rings. The smallest absolute Gasteiger partial charge is 1.00 e. The second-order valence-corrected chi connectivity index (χ2v) is 10.7. The minimum absolute atomic E-state index is 0. The summed E-state index contributed by atoms with van der Waals surface area (Å²) in [6.45, 7) is 7.38. The molecule has 0 spiro atoms. The zero-order chi connectivity index (χ0) is 9.47. The summed E-state index contributed by atoms with van der Waals surface area (Å²) in [4.78, 5) is 0. The van der Waals surface area contributed by atoms with Crippen LogP contribution in [0.15, 0.2) is 17.2 Å². The summed E-state index contributed by atoms with van der Waals surface area (Å²) in [5, 5.41) is 0. The molecule has 0 saturated carbocycles. The Balaban J connectivity index is 0. The van der Waals surface area contributed by atoms with Gasteiger partial charge in [0.15, 0.2) is 0 Å². The first kappa shape index (κ1) is 19.5. The molecule has 1 atom stereocenters. The molecule has 16 heavy (non-hydrogen) atoms. The van der Waals surface area contributed by atoms with Gasteiger partial charge in [-0.15, -0.1) is 0 Å². The Bertz CT molecular complexity index is 279. The minimum Gasteiger partial charge on any atom is -1.00 e. The van der Waals surface area contributed by atoms with Gasteiger partial charge in [-0.05, 0) is 6.42 Å². The maximum atomic E-state index is 3.60. The molecule has 0 bridgehead atoms. The third-order valence-electron chi connectivity index (χ3n) is 3.19. The van der Waals surface area contributed by atoms with Crippen LogP contribution in [0.4, 0.5) is 0 Å². The molecule has 1 unspecified atom stereocenters. The second kappa shape index (κ2) is 7.56. The molecule has 4 heteroatoms. The van der Waals surface area contributed by atoms with Crippen molar-refractivity contribution in [2.45, 2.75) is 50.9 Å². The largest absolute Gasteiger partial charge is 3.00 e. The molecule has 0 aromatic carbocycles. The van der Waals surface area contributed by atoms with Crippen LogP contribution in [0.2, 0.25) is 25.2 Å². The fourth-order valence-corrected chi connectivity index (χ4v) is 4.46. The summed E-state index contributed by atoms with van der Waals surface area (Å²) in [5.41, 5.74) is 4.13. The molecule has 2 aliphatic rings. The van der Waals surface area contributed by atoms with Crippen molar-refractivity contribution in [3.63, 3.8) is 0 Å². The Kier molecular flexibility index (Phi) is 9.22. The van der Waals surface area contributed by atoms with E-state index in [1.807, 2.05) is 0 Å². The molecule has 0 saturated heterocycles. The molecule has 1 radical (unpaired) electrons. The van der Waals surface area contributed by atoms with E-state index in [1.165, 1.54) is 25.7 Å². The Morgan fingerprint density at radius 1 is 1.12 bits per heavy atom. The van der Waals surface area contributed by atoms with Crippen LogP contribution in [0.5, 0.6) is 0 Å². The van der Waals surface area contributed by atoms with Gasteiger partial charge in [0.2, 0.25) is 0 Å². The van der Waals surface area contributed by atoms with Crippen molar-refractivity contribution in [3.05, 3.63) is 23.3 Å². The van der Waals surface area contributed by atoms with Gasteiger partial charge in [-0.25, -0.2) is 6.08 Å². The molecule has 2 aliphatic carbocycles. The Morgan fingerprint density at radius 2 is 1.69 bits per heavy atom. The quantitative estimate of drug-likeness (QED) is 0.376. The third kappa shape index (κ3) is 4.12. The van der Waals surface area contributed by atoms with Crippen LogP contribution in [0.3, 0.4) is 0 Å². The number of hydrogen-bond acceptors (Lipinski definition) is 0. The first-order valence-electron chi connectivity index (χ1n) is 5.40. The molecular formula is C12H19Cl2SiZr. The summed E-state index contributed by atoms with van der Waals surface area (Å²) in [5.74, 6) is 0. The first-order chi connectivity index (χ1) is 6.09. The molecular weight excluding hydrogens is 334 g/mol. The van der Waals surface area contributed by atoms with Crippen LogP contribution >= 0.6 is 0 Å². The number of hydrogen-bond donors (Lipinski definition) is 0. The van der Waals surface area contributed by atoms with Gasteiger partial charge in [-0.1, -0.05) is 44.4 Å². The summed E-state index contributed by atoms with van der Waals surface area (Å²) in [6, 6.07) is 0. The van der Waals surface area contributed by atoms with E-state index in [0.29, 0.717) is 0 Å². The predicted octanol–water partition coefficient (Wildman–Crippen LogP) is -2.06. The fourth-order valence-electron chi connectivity index (χ4n) is 2.50. The summed E-state index contributed by atoms with van der Waals surface area (Å²) < 4.78 is 0. The first-order valence-corrected chi connectivity index (χ1v) is 8.98. The van der Waals surface area contributed by atoms with Gasteiger partial charge in [-0.2, -0.15) is 11.1 Å². The molecule has 0 nitrogen and oxygen atoms in total. The summed E-state index contributed by atoms with van der Waals surface area (Å²) in [7, 11) is -1.03. The van der Waals surface area contributed by atoms with Gasteiger partial charge in [0.25, 0.3) is 0 Å². The molecule has 0 N–H and O–H groups in total. The van der Waals surface area contributed by atoms with Crippen molar-refractivity contribution in [2.75, 3.05) is 0 Å². The van der Waals surface area contributed by atoms with E-state index >= 15 is 0 Å². The van der Waals surface area contributed by atoms with E-state index in [-0.39, 0.29) is 51.0 Å². The van der Waals surface area contributed by atoms with E-state index in [9.17, 15) is 0 Å². The van der Waals surface area contributed by atoms with Gasteiger partial charge in [0.05, 0.1) is 0 Å². The van der Waals surface area contributed by atoms with Crippen molar-refractivity contribution < 1.29 is 51.0 Å². The van der Waals surface area contributed by atoms with Crippen LogP contribution in [-0.4, -0.2) is 8.07 Å². The van der Waals surface area contributed by atoms with E-state index in [1.54, 1.807) is 11.1 Å². The van der Waals surface area contributed by atoms with Crippen molar-refractivity contribution >= 4 is 8.07 Å². The topological polar surface area (TPSA) is 0 Å². The minimum atomic E-state index is -1.03. The van der Waals surface area contributed by atoms with Crippen molar-refractivity contribution in [3.8, 4) is 0 Å². The fraction of sp³-hybridized carbons (Fsp3) is 0.667. The third-order valence-corrected chi connectivity index (χ3v) is 5.44. The average Bonchev–Trinajstić information content (AvgIpc) is 2.45. The standard InChI is InChI=1S/C12H19Si.2ClH.Zr/c1-13(2,3)12-9-8-10-6-4-5-7-11(10)12;;;/h8,12H,4-7H2,1-3H3;2*1H;/q-1;;;+3/p-2. The zero-order valence-corrected chi connectivity index (χ0v) is 15.2. The van der Waals surface area contributed by atoms with Gasteiger partial charge >= 0.3 is 26.2 Å². The second-order valence-electron chi connectivity index (χ2n) is 5.37. The molecule has 0 heterocycles. The summed E-state index contributed by atoms with van der Waals surface area (Å²) >= 11 is 0. The number of allylic oxidation sites excluding steroid dienone is 4. The normalized spacial score (nSPS) is 22.8. The van der Waals surface area contributed by atoms with E-state index in [0.717, 1.165) is 5.54 Å². The van der Waals surface area contributed by atoms with Crippen LogP contribution in [0.25, 0.3) is 0 Å². The van der Waals surface area contributed by atoms with Crippen LogP contribution in [0, 0.1) is 6.08 Å². The van der Waals surface area contributed by atoms with Crippen LogP contribution in [-0.2, 0) is 26.2 Å². The van der Waals surface area contributed by atoms with Gasteiger partial charge in [0.1, 0.15) is 0 Å². The Labute approximate surface area is 132 Å². The van der Waals surface area contributed by atoms with E-state index in [4.69, 9.17) is 0 Å². The predicted molar refractivity (Wildman–Crippen MR) is 60.4 cm³/mol. The monoisotopic (exact) mass is 351 g/mol. The molecule has 89 valence electrons. The maximum absolute atomic E-state index is 3.60. The van der Waals surface area contributed by atoms with Gasteiger partial charge in [-0.3, -0.25) is 6.08 Å². The van der Waals surface area contributed by atoms with Crippen molar-refractivity contribution in [1.82, 2.24) is 0 Å². The van der Waals surface area contributed by atoms with E-state index in [2.05, 4.69) is 31.8 Å². The van der Waals surface area contributed by atoms with Crippen LogP contribution in [0.1, 0.15) is 25.7 Å². The van der Waals surface area contributed by atoms with Crippen molar-refractivity contribution in [2.24, 2.45) is 0 Å². The van der Waals surface area contributed by atoms with E-state index < -0.39 is 8.07 Å². The molecule has 0 aromatic heterocycles. The molecule has 0 amide bonds. The van der Waals surface area contributed by atoms with Gasteiger partial charge in [0, 0.05) is 8.07 Å². The van der Waals surface area contributed by atoms with Crippen molar-refractivity contribution in [1.29, 1.82) is 0 Å². The summed E-state index contributed by atoms with van der Waals surface area (Å²) in [6.07, 6.45) is 11.4. The number of rotatable bonds is 1. The molecule has 0 aliphatic heterocycles. The van der Waals surface area contributed by atoms with Crippen LogP contribution < -0.4 is 24.8 Å². The Hall–Kier alpha value is 1.16. The Morgan fingerprint density at radius 3 is 2.25 bits per heavy atom. The SMILES string of the molecule is C[Si](C)(C)C1[C-]=CC2=C1CCCC2.[Cl-].[Cl-].[Zr+3]. The molecule has 2 rings (SSSR count). The molecule has 0 fully saturated rings. The average molecular weight is 353 g/mol. The van der Waals surface area contributed by atoms with Gasteiger partial charge < -0.3 is 24.8 Å². The number of halogens is 2.